The molecule has 1 aromatic heterocycles. The van der Waals surface area contributed by atoms with E-state index < -0.39 is 0 Å². The van der Waals surface area contributed by atoms with Crippen LogP contribution < -0.4 is 15.4 Å². The Labute approximate surface area is 153 Å². The number of ether oxygens (including phenoxy) is 1. The van der Waals surface area contributed by atoms with Gasteiger partial charge in [-0.1, -0.05) is 42.5 Å². The Kier molecular flexibility index (Phi) is 6.06. The van der Waals surface area contributed by atoms with E-state index in [9.17, 15) is 4.79 Å². The lowest BCUT2D eigenvalue weighted by molar-refractivity contribution is -0.120. The van der Waals surface area contributed by atoms with Crippen molar-refractivity contribution in [2.75, 3.05) is 13.7 Å². The first kappa shape index (κ1) is 17.8. The molecule has 1 heterocycles. The van der Waals surface area contributed by atoms with Crippen molar-refractivity contribution in [1.82, 2.24) is 10.6 Å². The van der Waals surface area contributed by atoms with Crippen LogP contribution in [-0.4, -0.2) is 19.6 Å². The fourth-order valence-electron chi connectivity index (χ4n) is 2.69. The molecule has 0 radical (unpaired) electrons. The summed E-state index contributed by atoms with van der Waals surface area (Å²) in [4.78, 5) is 12.2. The third-order valence-electron chi connectivity index (χ3n) is 4.08. The molecule has 0 unspecified atom stereocenters. The van der Waals surface area contributed by atoms with Crippen LogP contribution in [0.2, 0.25) is 0 Å². The zero-order valence-corrected chi connectivity index (χ0v) is 14.6. The van der Waals surface area contributed by atoms with Crippen molar-refractivity contribution in [3.05, 3.63) is 89.9 Å². The molecule has 0 aliphatic carbocycles. The lowest BCUT2D eigenvalue weighted by Gasteiger charge is -2.17. The van der Waals surface area contributed by atoms with Gasteiger partial charge >= 0.3 is 0 Å². The Balaban J connectivity index is 1.55. The third kappa shape index (κ3) is 4.74. The second kappa shape index (κ2) is 8.87. The highest BCUT2D eigenvalue weighted by molar-refractivity contribution is 5.78. The number of furan rings is 1. The van der Waals surface area contributed by atoms with Gasteiger partial charge in [0.1, 0.15) is 11.5 Å². The number of rotatable bonds is 8. The van der Waals surface area contributed by atoms with Crippen molar-refractivity contribution in [2.24, 2.45) is 0 Å². The lowest BCUT2D eigenvalue weighted by Crippen LogP contribution is -2.35. The van der Waals surface area contributed by atoms with E-state index in [0.29, 0.717) is 6.54 Å². The summed E-state index contributed by atoms with van der Waals surface area (Å²) in [6.07, 6.45) is 1.64. The summed E-state index contributed by atoms with van der Waals surface area (Å²) in [5.74, 6) is 1.50. The van der Waals surface area contributed by atoms with Crippen LogP contribution in [0.1, 0.15) is 22.9 Å². The van der Waals surface area contributed by atoms with Gasteiger partial charge in [0.05, 0.1) is 26.0 Å². The minimum Gasteiger partial charge on any atom is -0.497 e. The summed E-state index contributed by atoms with van der Waals surface area (Å²) in [6.45, 7) is 0.664. The van der Waals surface area contributed by atoms with E-state index in [2.05, 4.69) is 10.6 Å². The molecule has 134 valence electrons. The Hall–Kier alpha value is -3.05. The molecule has 3 rings (SSSR count). The van der Waals surface area contributed by atoms with Gasteiger partial charge in [0, 0.05) is 6.54 Å². The molecule has 0 saturated carbocycles. The standard InChI is InChI=1S/C21H22N2O3/c1-25-18-11-9-16(10-12-18)14-22-20(24)15-23-21(19-8-5-13-26-19)17-6-3-2-4-7-17/h2-13,21,23H,14-15H2,1H3,(H,22,24)/t21-/m0/s1. The first-order valence-electron chi connectivity index (χ1n) is 8.47. The van der Waals surface area contributed by atoms with Gasteiger partial charge in [-0.05, 0) is 35.4 Å². The van der Waals surface area contributed by atoms with Crippen LogP contribution in [0.5, 0.6) is 5.75 Å². The van der Waals surface area contributed by atoms with Gasteiger partial charge in [0.2, 0.25) is 5.91 Å². The predicted molar refractivity (Wildman–Crippen MR) is 99.8 cm³/mol. The molecule has 0 fully saturated rings. The number of carbonyl (C=O) groups is 1. The van der Waals surface area contributed by atoms with E-state index in [1.54, 1.807) is 13.4 Å². The van der Waals surface area contributed by atoms with Gasteiger partial charge in [-0.15, -0.1) is 0 Å². The van der Waals surface area contributed by atoms with Gasteiger partial charge < -0.3 is 14.5 Å². The Morgan fingerprint density at radius 2 is 1.81 bits per heavy atom. The first-order valence-corrected chi connectivity index (χ1v) is 8.47. The number of amides is 1. The van der Waals surface area contributed by atoms with Gasteiger partial charge in [0.15, 0.2) is 0 Å². The van der Waals surface area contributed by atoms with Gasteiger partial charge in [-0.2, -0.15) is 0 Å². The summed E-state index contributed by atoms with van der Waals surface area (Å²) in [5, 5.41) is 6.18. The fraction of sp³-hybridized carbons (Fsp3) is 0.190. The van der Waals surface area contributed by atoms with Crippen molar-refractivity contribution in [3.63, 3.8) is 0 Å². The van der Waals surface area contributed by atoms with Crippen LogP contribution in [-0.2, 0) is 11.3 Å². The average Bonchev–Trinajstić information content (AvgIpc) is 3.22. The maximum atomic E-state index is 12.2. The Morgan fingerprint density at radius 3 is 2.46 bits per heavy atom. The maximum absolute atomic E-state index is 12.2. The normalized spacial score (nSPS) is 11.7. The molecule has 1 amide bonds. The van der Waals surface area contributed by atoms with Gasteiger partial charge in [0.25, 0.3) is 0 Å². The zero-order valence-electron chi connectivity index (χ0n) is 14.6. The molecule has 0 aliphatic heterocycles. The first-order chi connectivity index (χ1) is 12.8. The number of carbonyl (C=O) groups excluding carboxylic acids is 1. The number of benzene rings is 2. The molecular weight excluding hydrogens is 328 g/mol. The smallest absolute Gasteiger partial charge is 0.234 e. The van der Waals surface area contributed by atoms with Crippen LogP contribution in [0.15, 0.2) is 77.4 Å². The molecule has 1 atom stereocenters. The monoisotopic (exact) mass is 350 g/mol. The zero-order chi connectivity index (χ0) is 18.2. The molecular formula is C21H22N2O3. The molecule has 2 N–H and O–H groups in total. The quantitative estimate of drug-likeness (QED) is 0.654. The SMILES string of the molecule is COc1ccc(CNC(=O)CN[C@@H](c2ccccc2)c2ccco2)cc1. The van der Waals surface area contributed by atoms with Crippen LogP contribution in [0.3, 0.4) is 0 Å². The summed E-state index contributed by atoms with van der Waals surface area (Å²) >= 11 is 0. The van der Waals surface area contributed by atoms with E-state index in [-0.39, 0.29) is 18.5 Å². The topological polar surface area (TPSA) is 63.5 Å². The number of hydrogen-bond acceptors (Lipinski definition) is 4. The van der Waals surface area contributed by atoms with Crippen LogP contribution >= 0.6 is 0 Å². The van der Waals surface area contributed by atoms with E-state index in [1.807, 2.05) is 66.7 Å². The third-order valence-corrected chi connectivity index (χ3v) is 4.08. The molecule has 0 spiro atoms. The maximum Gasteiger partial charge on any atom is 0.234 e. The van der Waals surface area contributed by atoms with Crippen LogP contribution in [0.25, 0.3) is 0 Å². The van der Waals surface area contributed by atoms with Crippen LogP contribution in [0.4, 0.5) is 0 Å². The molecule has 2 aromatic carbocycles. The second-order valence-corrected chi connectivity index (χ2v) is 5.86. The summed E-state index contributed by atoms with van der Waals surface area (Å²) in [7, 11) is 1.63. The Morgan fingerprint density at radius 1 is 1.04 bits per heavy atom. The molecule has 26 heavy (non-hydrogen) atoms. The average molecular weight is 350 g/mol. The van der Waals surface area contributed by atoms with Crippen molar-refractivity contribution in [2.45, 2.75) is 12.6 Å². The highest BCUT2D eigenvalue weighted by Gasteiger charge is 2.17. The molecule has 3 aromatic rings. The molecule has 5 heteroatoms. The van der Waals surface area contributed by atoms with E-state index in [1.165, 1.54) is 0 Å². The number of hydrogen-bond donors (Lipinski definition) is 2. The van der Waals surface area contributed by atoms with Crippen molar-refractivity contribution >= 4 is 5.91 Å². The van der Waals surface area contributed by atoms with Crippen molar-refractivity contribution in [1.29, 1.82) is 0 Å². The van der Waals surface area contributed by atoms with E-state index in [0.717, 1.165) is 22.6 Å². The highest BCUT2D eigenvalue weighted by Crippen LogP contribution is 2.21. The fourth-order valence-corrected chi connectivity index (χ4v) is 2.69. The molecule has 5 nitrogen and oxygen atoms in total. The number of nitrogens with one attached hydrogen (secondary N) is 2. The second-order valence-electron chi connectivity index (χ2n) is 5.86. The van der Waals surface area contributed by atoms with Crippen LogP contribution in [0, 0.1) is 0 Å². The molecule has 0 bridgehead atoms. The Bertz CT molecular complexity index is 799. The van der Waals surface area contributed by atoms with Gasteiger partial charge in [-0.25, -0.2) is 0 Å². The van der Waals surface area contributed by atoms with Crippen molar-refractivity contribution in [3.8, 4) is 5.75 Å². The molecule has 0 aliphatic rings. The highest BCUT2D eigenvalue weighted by atomic mass is 16.5. The summed E-state index contributed by atoms with van der Waals surface area (Å²) < 4.78 is 10.7. The van der Waals surface area contributed by atoms with E-state index in [4.69, 9.17) is 9.15 Å². The predicted octanol–water partition coefficient (Wildman–Crippen LogP) is 3.28. The minimum absolute atomic E-state index is 0.0756. The largest absolute Gasteiger partial charge is 0.497 e. The van der Waals surface area contributed by atoms with Crippen molar-refractivity contribution < 1.29 is 13.9 Å². The lowest BCUT2D eigenvalue weighted by atomic mass is 10.0. The summed E-state index contributed by atoms with van der Waals surface area (Å²) in [6, 6.07) is 21.1. The molecule has 0 saturated heterocycles. The summed E-state index contributed by atoms with van der Waals surface area (Å²) in [5.41, 5.74) is 2.06. The minimum atomic E-state index is -0.169. The number of methoxy groups -OCH3 is 1. The van der Waals surface area contributed by atoms with Gasteiger partial charge in [-0.3, -0.25) is 10.1 Å². The van der Waals surface area contributed by atoms with E-state index >= 15 is 0 Å².